The molecule has 0 atom stereocenters. The number of furan rings is 1. The van der Waals surface area contributed by atoms with Gasteiger partial charge in [0.2, 0.25) is 0 Å². The minimum absolute atomic E-state index is 0.520. The van der Waals surface area contributed by atoms with Crippen molar-refractivity contribution in [2.24, 2.45) is 0 Å². The normalized spacial score (nSPS) is 13.3. The first-order valence-electron chi connectivity index (χ1n) is 20.0. The maximum absolute atomic E-state index is 7.06. The minimum Gasteiger partial charge on any atom is -0.455 e. The SMILES string of the molecule is c1ccc(-n2c3ccccc3c3c4oc5ccccc5c4c4c(c5ccccc5n4-c4ccc5c(c4)C(c4ccccc4)(c4ccccc4)c4ccccc4-5)c32)cc1. The first kappa shape index (κ1) is 31.6. The second-order valence-corrected chi connectivity index (χ2v) is 15.5. The Labute approximate surface area is 334 Å². The molecule has 0 N–H and O–H groups in total. The third-order valence-electron chi connectivity index (χ3n) is 12.8. The highest BCUT2D eigenvalue weighted by Crippen LogP contribution is 2.57. The summed E-state index contributed by atoms with van der Waals surface area (Å²) in [7, 11) is 0. The highest BCUT2D eigenvalue weighted by Gasteiger charge is 2.46. The van der Waals surface area contributed by atoms with Gasteiger partial charge in [-0.1, -0.05) is 164 Å². The third kappa shape index (κ3) is 3.97. The topological polar surface area (TPSA) is 23.0 Å². The molecule has 0 fully saturated rings. The van der Waals surface area contributed by atoms with E-state index in [4.69, 9.17) is 4.42 Å². The first-order valence-corrected chi connectivity index (χ1v) is 20.0. The van der Waals surface area contributed by atoms with Crippen molar-refractivity contribution in [2.75, 3.05) is 0 Å². The lowest BCUT2D eigenvalue weighted by atomic mass is 9.67. The van der Waals surface area contributed by atoms with Crippen molar-refractivity contribution in [3.8, 4) is 22.5 Å². The maximum Gasteiger partial charge on any atom is 0.147 e. The Morgan fingerprint density at radius 3 is 1.55 bits per heavy atom. The third-order valence-corrected chi connectivity index (χ3v) is 12.8. The highest BCUT2D eigenvalue weighted by atomic mass is 16.3. The largest absolute Gasteiger partial charge is 0.455 e. The summed E-state index contributed by atoms with van der Waals surface area (Å²) < 4.78 is 12.0. The standard InChI is InChI=1S/C55H34N2O/c1-4-18-35(19-5-1)55(36-20-6-2-7-21-36)44-28-14-10-24-39(44)40-33-32-38(34-45(40)55)57-46-29-15-11-25-41(46)49-52-50(54-51(53(49)57)43-27-13-17-31-48(43)58-54)42-26-12-16-30-47(42)56(52)37-22-8-3-9-23-37/h1-34H. The quantitative estimate of drug-likeness (QED) is 0.176. The number of fused-ring (bicyclic) bond motifs is 15. The summed E-state index contributed by atoms with van der Waals surface area (Å²) in [6.45, 7) is 0. The van der Waals surface area contributed by atoms with Crippen molar-refractivity contribution in [3.05, 3.63) is 229 Å². The van der Waals surface area contributed by atoms with Crippen LogP contribution in [0.2, 0.25) is 0 Å². The summed E-state index contributed by atoms with van der Waals surface area (Å²) in [6, 6.07) is 75.3. The van der Waals surface area contributed by atoms with Crippen LogP contribution in [-0.4, -0.2) is 9.13 Å². The van der Waals surface area contributed by atoms with E-state index in [0.29, 0.717) is 0 Å². The lowest BCUT2D eigenvalue weighted by molar-refractivity contribution is 0.673. The molecule has 270 valence electrons. The zero-order valence-electron chi connectivity index (χ0n) is 31.4. The van der Waals surface area contributed by atoms with Crippen molar-refractivity contribution in [1.82, 2.24) is 9.13 Å². The lowest BCUT2D eigenvalue weighted by Gasteiger charge is -2.34. The van der Waals surface area contributed by atoms with Gasteiger partial charge >= 0.3 is 0 Å². The fraction of sp³-hybridized carbons (Fsp3) is 0.0182. The van der Waals surface area contributed by atoms with Gasteiger partial charge < -0.3 is 13.6 Å². The van der Waals surface area contributed by atoms with Crippen molar-refractivity contribution < 1.29 is 4.42 Å². The van der Waals surface area contributed by atoms with Crippen LogP contribution in [0.3, 0.4) is 0 Å². The average molecular weight is 739 g/mol. The van der Waals surface area contributed by atoms with Crippen molar-refractivity contribution in [2.45, 2.75) is 5.41 Å². The Morgan fingerprint density at radius 1 is 0.362 bits per heavy atom. The summed E-state index contributed by atoms with van der Waals surface area (Å²) >= 11 is 0. The van der Waals surface area contributed by atoms with E-state index in [9.17, 15) is 0 Å². The van der Waals surface area contributed by atoms with Crippen molar-refractivity contribution >= 4 is 65.6 Å². The van der Waals surface area contributed by atoms with Gasteiger partial charge in [-0.25, -0.2) is 0 Å². The van der Waals surface area contributed by atoms with Gasteiger partial charge in [-0.3, -0.25) is 0 Å². The zero-order chi connectivity index (χ0) is 38.0. The molecule has 58 heavy (non-hydrogen) atoms. The molecule has 13 rings (SSSR count). The van der Waals surface area contributed by atoms with Gasteiger partial charge in [0, 0.05) is 32.9 Å². The predicted octanol–water partition coefficient (Wildman–Crippen LogP) is 14.1. The number of hydrogen-bond acceptors (Lipinski definition) is 1. The molecule has 0 saturated carbocycles. The van der Waals surface area contributed by atoms with Gasteiger partial charge in [0.25, 0.3) is 0 Å². The molecule has 0 bridgehead atoms. The predicted molar refractivity (Wildman–Crippen MR) is 240 cm³/mol. The average Bonchev–Trinajstić information content (AvgIpc) is 4.03. The van der Waals surface area contributed by atoms with E-state index >= 15 is 0 Å². The molecule has 3 heteroatoms. The van der Waals surface area contributed by atoms with E-state index < -0.39 is 5.41 Å². The van der Waals surface area contributed by atoms with Crippen LogP contribution < -0.4 is 0 Å². The van der Waals surface area contributed by atoms with E-state index in [2.05, 4.69) is 215 Å². The van der Waals surface area contributed by atoms with Crippen LogP contribution in [0.5, 0.6) is 0 Å². The van der Waals surface area contributed by atoms with Gasteiger partial charge in [0.05, 0.1) is 38.3 Å². The lowest BCUT2D eigenvalue weighted by Crippen LogP contribution is -2.28. The molecule has 1 aliphatic rings. The number of aromatic nitrogens is 2. The van der Waals surface area contributed by atoms with Gasteiger partial charge in [-0.15, -0.1) is 0 Å². The number of benzene rings is 9. The molecule has 0 radical (unpaired) electrons. The molecule has 9 aromatic carbocycles. The number of nitrogens with zero attached hydrogens (tertiary/aromatic N) is 2. The Morgan fingerprint density at radius 2 is 0.862 bits per heavy atom. The summed E-state index contributed by atoms with van der Waals surface area (Å²) in [4.78, 5) is 0. The molecule has 3 nitrogen and oxygen atoms in total. The van der Waals surface area contributed by atoms with Gasteiger partial charge in [-0.2, -0.15) is 0 Å². The fourth-order valence-corrected chi connectivity index (χ4v) is 10.6. The van der Waals surface area contributed by atoms with Gasteiger partial charge in [0.1, 0.15) is 11.2 Å². The molecule has 3 heterocycles. The molecule has 0 aliphatic heterocycles. The minimum atomic E-state index is -0.520. The molecule has 0 spiro atoms. The molecule has 0 amide bonds. The molecular formula is C55H34N2O. The molecule has 3 aromatic heterocycles. The van der Waals surface area contributed by atoms with Crippen molar-refractivity contribution in [1.29, 1.82) is 0 Å². The summed E-state index contributed by atoms with van der Waals surface area (Å²) in [5.41, 5.74) is 15.7. The number of hydrogen-bond donors (Lipinski definition) is 0. The monoisotopic (exact) mass is 738 g/mol. The zero-order valence-corrected chi connectivity index (χ0v) is 31.4. The van der Waals surface area contributed by atoms with Crippen LogP contribution >= 0.6 is 0 Å². The van der Waals surface area contributed by atoms with Gasteiger partial charge in [0.15, 0.2) is 0 Å². The van der Waals surface area contributed by atoms with E-state index in [-0.39, 0.29) is 0 Å². The summed E-state index contributed by atoms with van der Waals surface area (Å²) in [6.07, 6.45) is 0. The molecule has 0 unspecified atom stereocenters. The highest BCUT2D eigenvalue weighted by molar-refractivity contribution is 6.39. The maximum atomic E-state index is 7.06. The Bertz CT molecular complexity index is 3570. The Hall–Kier alpha value is -7.62. The van der Waals surface area contributed by atoms with Crippen LogP contribution in [0.1, 0.15) is 22.3 Å². The Kier molecular flexibility index (Phi) is 6.37. The molecule has 0 saturated heterocycles. The molecule has 12 aromatic rings. The second-order valence-electron chi connectivity index (χ2n) is 15.5. The van der Waals surface area contributed by atoms with E-state index in [0.717, 1.165) is 60.8 Å². The first-order chi connectivity index (χ1) is 28.8. The summed E-state index contributed by atoms with van der Waals surface area (Å²) in [5.74, 6) is 0. The van der Waals surface area contributed by atoms with Crippen molar-refractivity contribution in [3.63, 3.8) is 0 Å². The van der Waals surface area contributed by atoms with Crippen LogP contribution in [0.4, 0.5) is 0 Å². The van der Waals surface area contributed by atoms with Crippen LogP contribution in [0.15, 0.2) is 211 Å². The van der Waals surface area contributed by atoms with Gasteiger partial charge in [-0.05, 0) is 75.8 Å². The fourth-order valence-electron chi connectivity index (χ4n) is 10.6. The van der Waals surface area contributed by atoms with Crippen LogP contribution in [0, 0.1) is 0 Å². The Balaban J connectivity index is 1.25. The summed E-state index contributed by atoms with van der Waals surface area (Å²) in [5, 5.41) is 6.97. The second kappa shape index (κ2) is 11.7. The van der Waals surface area contributed by atoms with E-state index in [1.54, 1.807) is 0 Å². The van der Waals surface area contributed by atoms with E-state index in [1.807, 2.05) is 0 Å². The smallest absolute Gasteiger partial charge is 0.147 e. The number of para-hydroxylation sites is 4. The van der Waals surface area contributed by atoms with Crippen LogP contribution in [0.25, 0.3) is 88.1 Å². The molecular weight excluding hydrogens is 705 g/mol. The van der Waals surface area contributed by atoms with E-state index in [1.165, 1.54) is 49.5 Å². The number of rotatable bonds is 4. The molecule has 1 aliphatic carbocycles. The van der Waals surface area contributed by atoms with Crippen LogP contribution in [-0.2, 0) is 5.41 Å².